The molecule has 0 radical (unpaired) electrons. The normalized spacial score (nSPS) is 9.95. The van der Waals surface area contributed by atoms with Gasteiger partial charge in [0.05, 0.1) is 11.6 Å². The van der Waals surface area contributed by atoms with Gasteiger partial charge in [-0.25, -0.2) is 0 Å². The van der Waals surface area contributed by atoms with Crippen molar-refractivity contribution in [3.05, 3.63) is 58.6 Å². The Bertz CT molecular complexity index is 614. The summed E-state index contributed by atoms with van der Waals surface area (Å²) < 4.78 is 0. The minimum Gasteiger partial charge on any atom is -0.398 e. The van der Waals surface area contributed by atoms with Gasteiger partial charge in [-0.1, -0.05) is 11.6 Å². The number of anilines is 2. The summed E-state index contributed by atoms with van der Waals surface area (Å²) in [6.45, 7) is 0.665. The molecule has 4 heteroatoms. The van der Waals surface area contributed by atoms with E-state index in [1.54, 1.807) is 18.2 Å². The number of nitrogens with zero attached hydrogens (tertiary/aromatic N) is 2. The predicted octanol–water partition coefficient (Wildman–Crippen LogP) is 3.43. The lowest BCUT2D eigenvalue weighted by Gasteiger charge is -2.20. The van der Waals surface area contributed by atoms with Gasteiger partial charge in [-0.15, -0.1) is 0 Å². The molecule has 0 unspecified atom stereocenters. The van der Waals surface area contributed by atoms with Crippen LogP contribution in [0.5, 0.6) is 0 Å². The third kappa shape index (κ3) is 3.18. The molecule has 0 aromatic heterocycles. The topological polar surface area (TPSA) is 53.0 Å². The summed E-state index contributed by atoms with van der Waals surface area (Å²) in [5.74, 6) is 0. The summed E-state index contributed by atoms with van der Waals surface area (Å²) in [4.78, 5) is 2.06. The van der Waals surface area contributed by atoms with Crippen LogP contribution in [0, 0.1) is 11.3 Å². The molecular weight excluding hydrogens is 258 g/mol. The van der Waals surface area contributed by atoms with Gasteiger partial charge in [0, 0.05) is 30.0 Å². The molecule has 0 spiro atoms. The van der Waals surface area contributed by atoms with Gasteiger partial charge in [-0.3, -0.25) is 0 Å². The SMILES string of the molecule is CN(Cc1cc(Cl)ccc1N)c1ccc(C#N)cc1. The number of hydrogen-bond donors (Lipinski definition) is 1. The predicted molar refractivity (Wildman–Crippen MR) is 79.1 cm³/mol. The maximum absolute atomic E-state index is 8.77. The first-order chi connectivity index (χ1) is 9.10. The first-order valence-corrected chi connectivity index (χ1v) is 6.23. The van der Waals surface area contributed by atoms with E-state index in [4.69, 9.17) is 22.6 Å². The highest BCUT2D eigenvalue weighted by Crippen LogP contribution is 2.22. The van der Waals surface area contributed by atoms with Crippen molar-refractivity contribution < 1.29 is 0 Å². The van der Waals surface area contributed by atoms with Crippen LogP contribution in [0.15, 0.2) is 42.5 Å². The fourth-order valence-corrected chi connectivity index (χ4v) is 2.04. The molecule has 0 heterocycles. The van der Waals surface area contributed by atoms with E-state index in [1.165, 1.54) is 0 Å². The number of halogens is 1. The van der Waals surface area contributed by atoms with Crippen LogP contribution < -0.4 is 10.6 Å². The number of rotatable bonds is 3. The molecule has 2 aromatic carbocycles. The molecule has 3 nitrogen and oxygen atoms in total. The summed E-state index contributed by atoms with van der Waals surface area (Å²) in [5, 5.41) is 9.45. The van der Waals surface area contributed by atoms with E-state index in [2.05, 4.69) is 11.0 Å². The molecule has 19 heavy (non-hydrogen) atoms. The second kappa shape index (κ2) is 5.64. The Kier molecular flexibility index (Phi) is 3.94. The van der Waals surface area contributed by atoms with Crippen LogP contribution in [0.3, 0.4) is 0 Å². The fraction of sp³-hybridized carbons (Fsp3) is 0.133. The average molecular weight is 272 g/mol. The van der Waals surface area contributed by atoms with Crippen LogP contribution in [0.4, 0.5) is 11.4 Å². The average Bonchev–Trinajstić information content (AvgIpc) is 2.43. The highest BCUT2D eigenvalue weighted by Gasteiger charge is 2.06. The van der Waals surface area contributed by atoms with Gasteiger partial charge in [0.15, 0.2) is 0 Å². The monoisotopic (exact) mass is 271 g/mol. The summed E-state index contributed by atoms with van der Waals surface area (Å²) in [6.07, 6.45) is 0. The van der Waals surface area contributed by atoms with Gasteiger partial charge in [0.1, 0.15) is 0 Å². The van der Waals surface area contributed by atoms with Gasteiger partial charge in [0.2, 0.25) is 0 Å². The van der Waals surface area contributed by atoms with Crippen LogP contribution in [0.25, 0.3) is 0 Å². The standard InChI is InChI=1S/C15H14ClN3/c1-19(14-5-2-11(9-17)3-6-14)10-12-8-13(16)4-7-15(12)18/h2-8H,10,18H2,1H3. The Morgan fingerprint density at radius 2 is 1.89 bits per heavy atom. The first-order valence-electron chi connectivity index (χ1n) is 5.85. The molecule has 2 N–H and O–H groups in total. The van der Waals surface area contributed by atoms with Crippen LogP contribution in [-0.4, -0.2) is 7.05 Å². The number of benzene rings is 2. The van der Waals surface area contributed by atoms with Crippen molar-refractivity contribution in [2.75, 3.05) is 17.7 Å². The summed E-state index contributed by atoms with van der Waals surface area (Å²) in [6, 6.07) is 15.0. The quantitative estimate of drug-likeness (QED) is 0.870. The lowest BCUT2D eigenvalue weighted by atomic mass is 10.1. The lowest BCUT2D eigenvalue weighted by molar-refractivity contribution is 0.925. The number of nitriles is 1. The third-order valence-corrected chi connectivity index (χ3v) is 3.18. The van der Waals surface area contributed by atoms with E-state index in [9.17, 15) is 0 Å². The van der Waals surface area contributed by atoms with E-state index >= 15 is 0 Å². The molecule has 0 saturated carbocycles. The van der Waals surface area contributed by atoms with Crippen LogP contribution in [-0.2, 0) is 6.54 Å². The molecule has 0 aliphatic rings. The largest absolute Gasteiger partial charge is 0.398 e. The Morgan fingerprint density at radius 1 is 1.21 bits per heavy atom. The molecule has 0 saturated heterocycles. The molecule has 0 fully saturated rings. The van der Waals surface area contributed by atoms with E-state index in [1.807, 2.05) is 31.3 Å². The number of hydrogen-bond acceptors (Lipinski definition) is 3. The van der Waals surface area contributed by atoms with Gasteiger partial charge in [-0.05, 0) is 48.0 Å². The summed E-state index contributed by atoms with van der Waals surface area (Å²) in [7, 11) is 1.97. The van der Waals surface area contributed by atoms with Crippen molar-refractivity contribution in [1.29, 1.82) is 5.26 Å². The van der Waals surface area contributed by atoms with Crippen molar-refractivity contribution in [3.63, 3.8) is 0 Å². The summed E-state index contributed by atoms with van der Waals surface area (Å²) >= 11 is 5.98. The zero-order valence-electron chi connectivity index (χ0n) is 10.6. The van der Waals surface area contributed by atoms with E-state index < -0.39 is 0 Å². The minimum absolute atomic E-state index is 0.652. The molecule has 2 rings (SSSR count). The first kappa shape index (κ1) is 13.3. The second-order valence-corrected chi connectivity index (χ2v) is 4.79. The molecule has 2 aromatic rings. The summed E-state index contributed by atoms with van der Waals surface area (Å²) in [5.41, 5.74) is 9.32. The Labute approximate surface area is 117 Å². The third-order valence-electron chi connectivity index (χ3n) is 2.95. The number of nitrogen functional groups attached to an aromatic ring is 1. The highest BCUT2D eigenvalue weighted by molar-refractivity contribution is 6.30. The van der Waals surface area contributed by atoms with Crippen molar-refractivity contribution in [2.24, 2.45) is 0 Å². The molecule has 0 aliphatic heterocycles. The highest BCUT2D eigenvalue weighted by atomic mass is 35.5. The molecule has 96 valence electrons. The van der Waals surface area contributed by atoms with Gasteiger partial charge in [-0.2, -0.15) is 5.26 Å². The Balaban J connectivity index is 2.18. The van der Waals surface area contributed by atoms with Gasteiger partial charge >= 0.3 is 0 Å². The molecule has 0 bridgehead atoms. The van der Waals surface area contributed by atoms with Crippen LogP contribution in [0.1, 0.15) is 11.1 Å². The zero-order valence-corrected chi connectivity index (χ0v) is 11.4. The van der Waals surface area contributed by atoms with Crippen molar-refractivity contribution in [2.45, 2.75) is 6.54 Å². The fourth-order valence-electron chi connectivity index (χ4n) is 1.85. The van der Waals surface area contributed by atoms with Crippen molar-refractivity contribution in [3.8, 4) is 6.07 Å². The molecular formula is C15H14ClN3. The maximum atomic E-state index is 8.77. The molecule has 0 atom stereocenters. The smallest absolute Gasteiger partial charge is 0.0991 e. The van der Waals surface area contributed by atoms with Crippen molar-refractivity contribution >= 4 is 23.0 Å². The molecule has 0 amide bonds. The van der Waals surface area contributed by atoms with E-state index in [-0.39, 0.29) is 0 Å². The van der Waals surface area contributed by atoms with E-state index in [0.29, 0.717) is 17.1 Å². The lowest BCUT2D eigenvalue weighted by Crippen LogP contribution is -2.17. The van der Waals surface area contributed by atoms with Crippen LogP contribution >= 0.6 is 11.6 Å². The maximum Gasteiger partial charge on any atom is 0.0991 e. The van der Waals surface area contributed by atoms with E-state index in [0.717, 1.165) is 16.9 Å². The Hall–Kier alpha value is -2.18. The van der Waals surface area contributed by atoms with Gasteiger partial charge < -0.3 is 10.6 Å². The van der Waals surface area contributed by atoms with Gasteiger partial charge in [0.25, 0.3) is 0 Å². The molecule has 0 aliphatic carbocycles. The Morgan fingerprint density at radius 3 is 2.53 bits per heavy atom. The van der Waals surface area contributed by atoms with Crippen LogP contribution in [0.2, 0.25) is 5.02 Å². The second-order valence-electron chi connectivity index (χ2n) is 4.36. The minimum atomic E-state index is 0.652. The van der Waals surface area contributed by atoms with Crippen molar-refractivity contribution in [1.82, 2.24) is 0 Å². The number of nitrogens with two attached hydrogens (primary N) is 1. The zero-order chi connectivity index (χ0) is 13.8.